The van der Waals surface area contributed by atoms with Crippen LogP contribution in [0, 0.1) is 11.7 Å². The molecule has 0 aliphatic carbocycles. The predicted octanol–water partition coefficient (Wildman–Crippen LogP) is 3.03. The van der Waals surface area contributed by atoms with Gasteiger partial charge in [-0.2, -0.15) is 4.68 Å². The number of nitrogens with zero attached hydrogens (tertiary/aromatic N) is 3. The van der Waals surface area contributed by atoms with Crippen molar-refractivity contribution in [1.82, 2.24) is 14.3 Å². The number of hydrogen-bond acceptors (Lipinski definition) is 3. The molecule has 2 heterocycles. The molecule has 146 valence electrons. The second-order valence-corrected chi connectivity index (χ2v) is 8.22. The highest BCUT2D eigenvalue weighted by Gasteiger charge is 2.22. The zero-order valence-electron chi connectivity index (χ0n) is 15.8. The molecule has 28 heavy (non-hydrogen) atoms. The molecule has 1 fully saturated rings. The first kappa shape index (κ1) is 19.3. The van der Waals surface area contributed by atoms with Crippen LogP contribution in [0.1, 0.15) is 18.4 Å². The first-order valence-corrected chi connectivity index (χ1v) is 10.3. The van der Waals surface area contributed by atoms with Crippen LogP contribution in [0.5, 0.6) is 0 Å². The van der Waals surface area contributed by atoms with Gasteiger partial charge in [-0.1, -0.05) is 41.4 Å². The molecule has 0 saturated carbocycles. The van der Waals surface area contributed by atoms with E-state index < -0.39 is 0 Å². The van der Waals surface area contributed by atoms with Crippen LogP contribution in [0.4, 0.5) is 0 Å². The Morgan fingerprint density at radius 3 is 2.39 bits per heavy atom. The number of piperidine rings is 1. The van der Waals surface area contributed by atoms with E-state index in [1.165, 1.54) is 10.5 Å². The van der Waals surface area contributed by atoms with E-state index in [4.69, 9.17) is 28.9 Å². The van der Waals surface area contributed by atoms with Gasteiger partial charge in [-0.15, -0.1) is 5.10 Å². The number of aryl methyl sites for hydroxylation is 1. The van der Waals surface area contributed by atoms with E-state index in [2.05, 4.69) is 31.2 Å². The highest BCUT2D eigenvalue weighted by atomic mass is 35.5. The van der Waals surface area contributed by atoms with Crippen molar-refractivity contribution in [3.05, 3.63) is 63.9 Å². The number of aliphatic hydroxyl groups excluding tert-OH is 1. The van der Waals surface area contributed by atoms with Crippen LogP contribution >= 0.6 is 23.8 Å². The molecule has 0 atom stereocenters. The number of quaternary nitrogens is 1. The third-order valence-electron chi connectivity index (χ3n) is 5.27. The van der Waals surface area contributed by atoms with Crippen LogP contribution in [0.15, 0.2) is 48.5 Å². The molecule has 0 amide bonds. The lowest BCUT2D eigenvalue weighted by Crippen LogP contribution is -3.12. The van der Waals surface area contributed by atoms with E-state index in [0.717, 1.165) is 43.0 Å². The van der Waals surface area contributed by atoms with Gasteiger partial charge < -0.3 is 10.0 Å². The molecule has 0 spiro atoms. The molecule has 0 unspecified atom stereocenters. The summed E-state index contributed by atoms with van der Waals surface area (Å²) in [6, 6.07) is 16.0. The Balaban J connectivity index is 1.76. The number of likely N-dealkylation sites (tertiary alicyclic amines) is 1. The number of aliphatic hydroxyl groups is 1. The van der Waals surface area contributed by atoms with Gasteiger partial charge in [0.25, 0.3) is 0 Å². The zero-order valence-corrected chi connectivity index (χ0v) is 17.4. The third kappa shape index (κ3) is 4.05. The van der Waals surface area contributed by atoms with E-state index in [0.29, 0.717) is 16.5 Å². The average Bonchev–Trinajstić information content (AvgIpc) is 3.01. The van der Waals surface area contributed by atoms with Crippen molar-refractivity contribution >= 4 is 23.8 Å². The number of nitrogens with one attached hydrogen (secondary N) is 1. The molecule has 1 aliphatic rings. The normalized spacial score (nSPS) is 19.7. The summed E-state index contributed by atoms with van der Waals surface area (Å²) in [5, 5.41) is 15.3. The quantitative estimate of drug-likeness (QED) is 0.644. The topological polar surface area (TPSA) is 47.4 Å². The molecule has 2 N–H and O–H groups in total. The second-order valence-electron chi connectivity index (χ2n) is 7.42. The Bertz CT molecular complexity index is 1000. The summed E-state index contributed by atoms with van der Waals surface area (Å²) < 4.78 is 4.58. The summed E-state index contributed by atoms with van der Waals surface area (Å²) in [6.07, 6.45) is 1.47. The first-order chi connectivity index (χ1) is 13.5. The van der Waals surface area contributed by atoms with E-state index in [-0.39, 0.29) is 6.10 Å². The second kappa shape index (κ2) is 8.17. The molecule has 0 bridgehead atoms. The number of hydrogen-bond donors (Lipinski definition) is 2. The fraction of sp³-hybridized carbons (Fsp3) is 0.333. The lowest BCUT2D eigenvalue weighted by atomic mass is 10.1. The van der Waals surface area contributed by atoms with Crippen molar-refractivity contribution in [2.24, 2.45) is 0 Å². The first-order valence-electron chi connectivity index (χ1n) is 9.56. The Morgan fingerprint density at radius 1 is 1.11 bits per heavy atom. The minimum absolute atomic E-state index is 0.175. The molecule has 1 aliphatic heterocycles. The minimum Gasteiger partial charge on any atom is -0.393 e. The maximum Gasteiger partial charge on any atom is 0.207 e. The van der Waals surface area contributed by atoms with Gasteiger partial charge in [0.2, 0.25) is 4.77 Å². The van der Waals surface area contributed by atoms with Crippen molar-refractivity contribution < 1.29 is 10.0 Å². The standard InChI is InChI=1S/C21H23ClN4OS/c1-15-2-4-16(5-3-15)20-23-25(14-24-12-10-19(27)11-13-24)21(28)26(20)18-8-6-17(22)7-9-18/h2-9,19,27H,10-14H2,1H3/p+1. The van der Waals surface area contributed by atoms with Gasteiger partial charge in [0.15, 0.2) is 12.5 Å². The van der Waals surface area contributed by atoms with Crippen LogP contribution in [-0.4, -0.2) is 38.6 Å². The number of aromatic nitrogens is 3. The van der Waals surface area contributed by atoms with Gasteiger partial charge >= 0.3 is 0 Å². The highest BCUT2D eigenvalue weighted by molar-refractivity contribution is 7.71. The van der Waals surface area contributed by atoms with Gasteiger partial charge in [0.05, 0.1) is 24.9 Å². The summed E-state index contributed by atoms with van der Waals surface area (Å²) in [4.78, 5) is 1.39. The van der Waals surface area contributed by atoms with Crippen molar-refractivity contribution in [3.8, 4) is 17.1 Å². The maximum atomic E-state index is 9.77. The molecule has 7 heteroatoms. The van der Waals surface area contributed by atoms with Crippen LogP contribution in [0.25, 0.3) is 17.1 Å². The summed E-state index contributed by atoms with van der Waals surface area (Å²) >= 11 is 11.9. The molecule has 1 aromatic heterocycles. The third-order valence-corrected chi connectivity index (χ3v) is 5.91. The molecule has 2 aromatic carbocycles. The summed E-state index contributed by atoms with van der Waals surface area (Å²) in [5.74, 6) is 0.823. The van der Waals surface area contributed by atoms with E-state index in [1.807, 2.05) is 33.5 Å². The minimum atomic E-state index is -0.175. The van der Waals surface area contributed by atoms with Gasteiger partial charge in [-0.25, -0.2) is 0 Å². The summed E-state index contributed by atoms with van der Waals surface area (Å²) in [7, 11) is 0. The monoisotopic (exact) mass is 415 g/mol. The molecule has 5 nitrogen and oxygen atoms in total. The maximum absolute atomic E-state index is 9.77. The number of rotatable bonds is 4. The SMILES string of the molecule is Cc1ccc(-c2nn(C[NH+]3CCC(O)CC3)c(=S)n2-c2ccc(Cl)cc2)cc1. The lowest BCUT2D eigenvalue weighted by Gasteiger charge is -2.26. The van der Waals surface area contributed by atoms with Crippen molar-refractivity contribution in [3.63, 3.8) is 0 Å². The van der Waals surface area contributed by atoms with E-state index >= 15 is 0 Å². The van der Waals surface area contributed by atoms with E-state index in [1.54, 1.807) is 0 Å². The average molecular weight is 416 g/mol. The van der Waals surface area contributed by atoms with Crippen LogP contribution in [0.3, 0.4) is 0 Å². The molecule has 3 aromatic rings. The summed E-state index contributed by atoms with van der Waals surface area (Å²) in [6.45, 7) is 4.63. The van der Waals surface area contributed by atoms with Gasteiger partial charge in [-0.3, -0.25) is 4.57 Å². The largest absolute Gasteiger partial charge is 0.393 e. The number of halogens is 1. The fourth-order valence-electron chi connectivity index (χ4n) is 3.60. The highest BCUT2D eigenvalue weighted by Crippen LogP contribution is 2.24. The van der Waals surface area contributed by atoms with Gasteiger partial charge in [-0.05, 0) is 43.4 Å². The Kier molecular flexibility index (Phi) is 5.64. The zero-order chi connectivity index (χ0) is 19.7. The van der Waals surface area contributed by atoms with Crippen LogP contribution in [-0.2, 0) is 6.67 Å². The Morgan fingerprint density at radius 2 is 1.75 bits per heavy atom. The molecule has 1 saturated heterocycles. The smallest absolute Gasteiger partial charge is 0.207 e. The Hall–Kier alpha value is -1.99. The molecular weight excluding hydrogens is 392 g/mol. The van der Waals surface area contributed by atoms with E-state index in [9.17, 15) is 5.11 Å². The van der Waals surface area contributed by atoms with Crippen LogP contribution in [0.2, 0.25) is 5.02 Å². The predicted molar refractivity (Wildman–Crippen MR) is 114 cm³/mol. The van der Waals surface area contributed by atoms with Crippen molar-refractivity contribution in [1.29, 1.82) is 0 Å². The van der Waals surface area contributed by atoms with Crippen molar-refractivity contribution in [2.75, 3.05) is 13.1 Å². The summed E-state index contributed by atoms with van der Waals surface area (Å²) in [5.41, 5.74) is 3.17. The van der Waals surface area contributed by atoms with Gasteiger partial charge in [0.1, 0.15) is 0 Å². The molecule has 4 rings (SSSR count). The fourth-order valence-corrected chi connectivity index (χ4v) is 4.03. The van der Waals surface area contributed by atoms with Crippen LogP contribution < -0.4 is 4.90 Å². The molecule has 0 radical (unpaired) electrons. The number of benzene rings is 2. The Labute approximate surface area is 174 Å². The van der Waals surface area contributed by atoms with Crippen molar-refractivity contribution in [2.45, 2.75) is 32.5 Å². The lowest BCUT2D eigenvalue weighted by molar-refractivity contribution is -0.929. The molecular formula is C21H24ClN4OS+. The van der Waals surface area contributed by atoms with Gasteiger partial charge in [0, 0.05) is 23.4 Å².